The quantitative estimate of drug-likeness (QED) is 0.532. The number of fused-ring (bicyclic) bond motifs is 1. The molecule has 1 heterocycles. The lowest BCUT2D eigenvalue weighted by Crippen LogP contribution is -2.11. The van der Waals surface area contributed by atoms with Gasteiger partial charge in [-0.15, -0.1) is 0 Å². The molecular formula is C18H13NO4. The highest BCUT2D eigenvalue weighted by molar-refractivity contribution is 5.92. The van der Waals surface area contributed by atoms with Gasteiger partial charge < -0.3 is 13.9 Å². The second kappa shape index (κ2) is 6.67. The number of carbonyl (C=O) groups excluding carboxylic acids is 1. The van der Waals surface area contributed by atoms with Gasteiger partial charge in [0.25, 0.3) is 0 Å². The summed E-state index contributed by atoms with van der Waals surface area (Å²) < 4.78 is 16.0. The van der Waals surface area contributed by atoms with E-state index in [2.05, 4.69) is 0 Å². The monoisotopic (exact) mass is 307 g/mol. The summed E-state index contributed by atoms with van der Waals surface area (Å²) in [5.41, 5.74) is 1.21. The Morgan fingerprint density at radius 3 is 2.61 bits per heavy atom. The second-order valence-electron chi connectivity index (χ2n) is 4.77. The molecule has 5 heteroatoms. The zero-order valence-corrected chi connectivity index (χ0v) is 12.2. The van der Waals surface area contributed by atoms with Gasteiger partial charge in [0.1, 0.15) is 24.5 Å². The first-order chi connectivity index (χ1) is 11.3. The first-order valence-electron chi connectivity index (χ1n) is 7.05. The number of hydrogen-bond acceptors (Lipinski definition) is 5. The van der Waals surface area contributed by atoms with Gasteiger partial charge in [-0.1, -0.05) is 18.2 Å². The van der Waals surface area contributed by atoms with Crippen molar-refractivity contribution < 1.29 is 18.7 Å². The van der Waals surface area contributed by atoms with Crippen molar-refractivity contribution in [3.63, 3.8) is 0 Å². The molecule has 0 saturated heterocycles. The van der Waals surface area contributed by atoms with Crippen LogP contribution in [-0.2, 0) is 4.74 Å². The van der Waals surface area contributed by atoms with Crippen LogP contribution >= 0.6 is 0 Å². The fourth-order valence-corrected chi connectivity index (χ4v) is 2.07. The average molecular weight is 307 g/mol. The van der Waals surface area contributed by atoms with Gasteiger partial charge in [0.15, 0.2) is 0 Å². The number of esters is 1. The minimum absolute atomic E-state index is 0.107. The number of benzene rings is 2. The van der Waals surface area contributed by atoms with E-state index in [4.69, 9.17) is 19.2 Å². The third-order valence-corrected chi connectivity index (χ3v) is 3.20. The summed E-state index contributed by atoms with van der Waals surface area (Å²) in [6.07, 6.45) is 0. The van der Waals surface area contributed by atoms with Crippen LogP contribution in [-0.4, -0.2) is 19.2 Å². The first-order valence-corrected chi connectivity index (χ1v) is 7.05. The summed E-state index contributed by atoms with van der Waals surface area (Å²) in [6, 6.07) is 17.8. The van der Waals surface area contributed by atoms with Crippen molar-refractivity contribution in [1.29, 1.82) is 5.26 Å². The zero-order valence-electron chi connectivity index (χ0n) is 12.2. The molecule has 0 spiro atoms. The van der Waals surface area contributed by atoms with Crippen molar-refractivity contribution in [2.24, 2.45) is 0 Å². The standard InChI is InChI=1S/C18H13NO4/c19-12-13-5-7-15(8-6-13)21-9-10-22-18(20)17-11-14-3-1-2-4-16(14)23-17/h1-8,11H,9-10H2. The van der Waals surface area contributed by atoms with Crippen LogP contribution in [0.3, 0.4) is 0 Å². The summed E-state index contributed by atoms with van der Waals surface area (Å²) >= 11 is 0. The molecule has 1 aromatic heterocycles. The van der Waals surface area contributed by atoms with E-state index in [1.807, 2.05) is 24.3 Å². The number of rotatable bonds is 5. The Morgan fingerprint density at radius 1 is 1.09 bits per heavy atom. The molecule has 0 fully saturated rings. The van der Waals surface area contributed by atoms with E-state index < -0.39 is 5.97 Å². The molecule has 5 nitrogen and oxygen atoms in total. The third kappa shape index (κ3) is 3.50. The van der Waals surface area contributed by atoms with Gasteiger partial charge >= 0.3 is 5.97 Å². The van der Waals surface area contributed by atoms with Gasteiger partial charge in [0, 0.05) is 5.39 Å². The van der Waals surface area contributed by atoms with Crippen molar-refractivity contribution in [2.45, 2.75) is 0 Å². The Kier molecular flexibility index (Phi) is 4.25. The van der Waals surface area contributed by atoms with Crippen molar-refractivity contribution in [2.75, 3.05) is 13.2 Å². The van der Waals surface area contributed by atoms with E-state index in [-0.39, 0.29) is 19.0 Å². The number of carbonyl (C=O) groups is 1. The molecule has 0 amide bonds. The van der Waals surface area contributed by atoms with E-state index in [0.29, 0.717) is 16.9 Å². The molecule has 0 bridgehead atoms. The van der Waals surface area contributed by atoms with Crippen LogP contribution in [0.4, 0.5) is 0 Å². The molecule has 0 N–H and O–H groups in total. The number of para-hydroxylation sites is 1. The highest BCUT2D eigenvalue weighted by Gasteiger charge is 2.13. The van der Waals surface area contributed by atoms with Gasteiger partial charge in [-0.2, -0.15) is 5.26 Å². The maximum Gasteiger partial charge on any atom is 0.374 e. The topological polar surface area (TPSA) is 72.5 Å². The summed E-state index contributed by atoms with van der Waals surface area (Å²) in [5, 5.41) is 9.56. The van der Waals surface area contributed by atoms with E-state index in [9.17, 15) is 4.79 Å². The predicted octanol–water partition coefficient (Wildman–Crippen LogP) is 3.54. The maximum atomic E-state index is 11.9. The Bertz CT molecular complexity index is 826. The lowest BCUT2D eigenvalue weighted by atomic mass is 10.2. The molecule has 0 saturated carbocycles. The molecule has 114 valence electrons. The molecule has 3 rings (SSSR count). The minimum Gasteiger partial charge on any atom is -0.490 e. The number of hydrogen-bond donors (Lipinski definition) is 0. The van der Waals surface area contributed by atoms with Crippen LogP contribution < -0.4 is 4.74 Å². The molecule has 3 aromatic rings. The summed E-state index contributed by atoms with van der Waals surface area (Å²) in [6.45, 7) is 0.327. The van der Waals surface area contributed by atoms with Crippen molar-refractivity contribution >= 4 is 16.9 Å². The smallest absolute Gasteiger partial charge is 0.374 e. The van der Waals surface area contributed by atoms with Crippen LogP contribution in [0.1, 0.15) is 16.1 Å². The molecular weight excluding hydrogens is 294 g/mol. The fourth-order valence-electron chi connectivity index (χ4n) is 2.07. The lowest BCUT2D eigenvalue weighted by Gasteiger charge is -2.06. The van der Waals surface area contributed by atoms with Crippen LogP contribution in [0.15, 0.2) is 59.0 Å². The Labute approximate surface area is 132 Å². The molecule has 2 aromatic carbocycles. The summed E-state index contributed by atoms with van der Waals surface area (Å²) in [5.74, 6) is 0.262. The van der Waals surface area contributed by atoms with Crippen LogP contribution in [0.2, 0.25) is 0 Å². The molecule has 0 aliphatic rings. The normalized spacial score (nSPS) is 10.2. The highest BCUT2D eigenvalue weighted by Crippen LogP contribution is 2.19. The number of nitrogens with zero attached hydrogens (tertiary/aromatic N) is 1. The van der Waals surface area contributed by atoms with Gasteiger partial charge in [-0.05, 0) is 36.4 Å². The SMILES string of the molecule is N#Cc1ccc(OCCOC(=O)c2cc3ccccc3o2)cc1. The minimum atomic E-state index is -0.523. The number of ether oxygens (including phenoxy) is 2. The average Bonchev–Trinajstić information content (AvgIpc) is 3.03. The molecule has 23 heavy (non-hydrogen) atoms. The number of nitriles is 1. The Hall–Kier alpha value is -3.26. The van der Waals surface area contributed by atoms with E-state index in [1.165, 1.54) is 0 Å². The van der Waals surface area contributed by atoms with Crippen molar-refractivity contribution in [3.05, 3.63) is 65.9 Å². The van der Waals surface area contributed by atoms with Gasteiger partial charge in [-0.3, -0.25) is 0 Å². The van der Waals surface area contributed by atoms with Crippen LogP contribution in [0, 0.1) is 11.3 Å². The highest BCUT2D eigenvalue weighted by atomic mass is 16.6. The van der Waals surface area contributed by atoms with E-state index >= 15 is 0 Å². The lowest BCUT2D eigenvalue weighted by molar-refractivity contribution is 0.0417. The fraction of sp³-hybridized carbons (Fsp3) is 0.111. The van der Waals surface area contributed by atoms with Gasteiger partial charge in [0.05, 0.1) is 11.6 Å². The Morgan fingerprint density at radius 2 is 1.87 bits per heavy atom. The molecule has 0 atom stereocenters. The maximum absolute atomic E-state index is 11.9. The Balaban J connectivity index is 1.50. The molecule has 0 aliphatic heterocycles. The van der Waals surface area contributed by atoms with Crippen LogP contribution in [0.5, 0.6) is 5.75 Å². The first kappa shape index (κ1) is 14.7. The van der Waals surface area contributed by atoms with Gasteiger partial charge in [-0.25, -0.2) is 4.79 Å². The molecule has 0 aliphatic carbocycles. The van der Waals surface area contributed by atoms with Crippen molar-refractivity contribution in [1.82, 2.24) is 0 Å². The summed E-state index contributed by atoms with van der Waals surface area (Å²) in [7, 11) is 0. The molecule has 0 unspecified atom stereocenters. The second-order valence-corrected chi connectivity index (χ2v) is 4.77. The van der Waals surface area contributed by atoms with Crippen molar-refractivity contribution in [3.8, 4) is 11.8 Å². The predicted molar refractivity (Wildman–Crippen MR) is 83.1 cm³/mol. The van der Waals surface area contributed by atoms with E-state index in [0.717, 1.165) is 5.39 Å². The zero-order chi connectivity index (χ0) is 16.1. The number of furan rings is 1. The molecule has 0 radical (unpaired) electrons. The van der Waals surface area contributed by atoms with E-state index in [1.54, 1.807) is 36.4 Å². The third-order valence-electron chi connectivity index (χ3n) is 3.20. The largest absolute Gasteiger partial charge is 0.490 e. The van der Waals surface area contributed by atoms with Crippen LogP contribution in [0.25, 0.3) is 11.0 Å². The van der Waals surface area contributed by atoms with Gasteiger partial charge in [0.2, 0.25) is 5.76 Å². The summed E-state index contributed by atoms with van der Waals surface area (Å²) in [4.78, 5) is 11.9.